The number of halogens is 2. The Labute approximate surface area is 143 Å². The van der Waals surface area contributed by atoms with Gasteiger partial charge in [0.15, 0.2) is 5.13 Å². The van der Waals surface area contributed by atoms with E-state index in [1.165, 1.54) is 23.5 Å². The molecule has 2 rings (SSSR count). The maximum Gasteiger partial charge on any atom is 0.387 e. The van der Waals surface area contributed by atoms with Gasteiger partial charge in [0.1, 0.15) is 5.75 Å². The SMILES string of the molecule is CNCCCC(=O)Nc1nc(-c2ccc(OC(F)F)cc2)c(C)s1. The van der Waals surface area contributed by atoms with Crippen molar-refractivity contribution in [2.75, 3.05) is 18.9 Å². The van der Waals surface area contributed by atoms with E-state index in [0.29, 0.717) is 17.2 Å². The quantitative estimate of drug-likeness (QED) is 0.710. The van der Waals surface area contributed by atoms with Gasteiger partial charge < -0.3 is 15.4 Å². The van der Waals surface area contributed by atoms with Crippen LogP contribution in [0.5, 0.6) is 5.75 Å². The lowest BCUT2D eigenvalue weighted by atomic mass is 10.1. The number of nitrogens with zero attached hydrogens (tertiary/aromatic N) is 1. The van der Waals surface area contributed by atoms with Crippen molar-refractivity contribution < 1.29 is 18.3 Å². The molecule has 130 valence electrons. The van der Waals surface area contributed by atoms with Crippen LogP contribution in [-0.2, 0) is 4.79 Å². The largest absolute Gasteiger partial charge is 0.435 e. The molecule has 0 saturated heterocycles. The molecule has 2 N–H and O–H groups in total. The number of rotatable bonds is 8. The average Bonchev–Trinajstić information content (AvgIpc) is 2.88. The van der Waals surface area contributed by atoms with E-state index in [1.54, 1.807) is 12.1 Å². The third kappa shape index (κ3) is 5.24. The van der Waals surface area contributed by atoms with Crippen LogP contribution in [0.4, 0.5) is 13.9 Å². The van der Waals surface area contributed by atoms with Crippen molar-refractivity contribution in [3.63, 3.8) is 0 Å². The highest BCUT2D eigenvalue weighted by Gasteiger charge is 2.12. The van der Waals surface area contributed by atoms with E-state index < -0.39 is 6.61 Å². The summed E-state index contributed by atoms with van der Waals surface area (Å²) in [4.78, 5) is 17.2. The lowest BCUT2D eigenvalue weighted by molar-refractivity contribution is -0.116. The first kappa shape index (κ1) is 18.3. The van der Waals surface area contributed by atoms with Gasteiger partial charge in [0.05, 0.1) is 5.69 Å². The van der Waals surface area contributed by atoms with Gasteiger partial charge in [0, 0.05) is 16.9 Å². The molecule has 1 aromatic carbocycles. The van der Waals surface area contributed by atoms with Crippen LogP contribution in [0.2, 0.25) is 0 Å². The molecular formula is C16H19F2N3O2S. The summed E-state index contributed by atoms with van der Waals surface area (Å²) in [7, 11) is 1.84. The third-order valence-electron chi connectivity index (χ3n) is 3.23. The fourth-order valence-corrected chi connectivity index (χ4v) is 2.97. The Morgan fingerprint density at radius 3 is 2.67 bits per heavy atom. The number of aryl methyl sites for hydroxylation is 1. The monoisotopic (exact) mass is 355 g/mol. The first-order valence-electron chi connectivity index (χ1n) is 7.46. The normalized spacial score (nSPS) is 10.9. The van der Waals surface area contributed by atoms with E-state index in [4.69, 9.17) is 0 Å². The molecule has 24 heavy (non-hydrogen) atoms. The van der Waals surface area contributed by atoms with Gasteiger partial charge in [-0.1, -0.05) is 0 Å². The molecule has 0 radical (unpaired) electrons. The molecule has 0 saturated carbocycles. The zero-order valence-electron chi connectivity index (χ0n) is 13.4. The number of carbonyl (C=O) groups is 1. The maximum atomic E-state index is 12.2. The van der Waals surface area contributed by atoms with Crippen LogP contribution in [0.1, 0.15) is 17.7 Å². The minimum absolute atomic E-state index is 0.0776. The summed E-state index contributed by atoms with van der Waals surface area (Å²) in [5, 5.41) is 6.31. The fraction of sp³-hybridized carbons (Fsp3) is 0.375. The van der Waals surface area contributed by atoms with Gasteiger partial charge in [-0.15, -0.1) is 11.3 Å². The van der Waals surface area contributed by atoms with E-state index in [9.17, 15) is 13.6 Å². The minimum Gasteiger partial charge on any atom is -0.435 e. The number of ether oxygens (including phenoxy) is 1. The van der Waals surface area contributed by atoms with Crippen LogP contribution in [0.3, 0.4) is 0 Å². The molecule has 1 heterocycles. The second-order valence-corrected chi connectivity index (χ2v) is 6.29. The molecule has 1 amide bonds. The predicted octanol–water partition coefficient (Wildman–Crippen LogP) is 3.66. The number of nitrogens with one attached hydrogen (secondary N) is 2. The summed E-state index contributed by atoms with van der Waals surface area (Å²) in [6.45, 7) is -0.169. The Kier molecular flexibility index (Phi) is 6.62. The van der Waals surface area contributed by atoms with Gasteiger partial charge in [-0.05, 0) is 51.2 Å². The molecule has 0 aliphatic heterocycles. The van der Waals surface area contributed by atoms with E-state index in [1.807, 2.05) is 14.0 Å². The van der Waals surface area contributed by atoms with E-state index in [-0.39, 0.29) is 11.7 Å². The van der Waals surface area contributed by atoms with Crippen LogP contribution in [0.15, 0.2) is 24.3 Å². The first-order valence-corrected chi connectivity index (χ1v) is 8.28. The molecule has 0 aliphatic rings. The Morgan fingerprint density at radius 1 is 1.33 bits per heavy atom. The van der Waals surface area contributed by atoms with Crippen LogP contribution in [-0.4, -0.2) is 31.1 Å². The summed E-state index contributed by atoms with van der Waals surface area (Å²) in [6, 6.07) is 6.27. The highest BCUT2D eigenvalue weighted by Crippen LogP contribution is 2.31. The van der Waals surface area contributed by atoms with Crippen molar-refractivity contribution in [2.45, 2.75) is 26.4 Å². The topological polar surface area (TPSA) is 63.2 Å². The number of alkyl halides is 2. The van der Waals surface area contributed by atoms with Gasteiger partial charge >= 0.3 is 6.61 Å². The van der Waals surface area contributed by atoms with Crippen LogP contribution < -0.4 is 15.4 Å². The molecule has 0 spiro atoms. The Hall–Kier alpha value is -2.06. The zero-order valence-corrected chi connectivity index (χ0v) is 14.3. The number of benzene rings is 1. The van der Waals surface area contributed by atoms with Gasteiger partial charge in [-0.2, -0.15) is 8.78 Å². The number of hydrogen-bond donors (Lipinski definition) is 2. The standard InChI is InChI=1S/C16H19F2N3O2S/c1-10-14(11-5-7-12(8-6-11)23-15(17)18)21-16(24-10)20-13(22)4-3-9-19-2/h5-8,15,19H,3-4,9H2,1-2H3,(H,20,21,22). The van der Waals surface area contributed by atoms with Crippen molar-refractivity contribution >= 4 is 22.4 Å². The number of hydrogen-bond acceptors (Lipinski definition) is 5. The second-order valence-electron chi connectivity index (χ2n) is 5.08. The molecular weight excluding hydrogens is 336 g/mol. The Morgan fingerprint density at radius 2 is 2.04 bits per heavy atom. The van der Waals surface area contributed by atoms with E-state index >= 15 is 0 Å². The second kappa shape index (κ2) is 8.70. The van der Waals surface area contributed by atoms with E-state index in [2.05, 4.69) is 20.4 Å². The van der Waals surface area contributed by atoms with Gasteiger partial charge in [0.25, 0.3) is 0 Å². The van der Waals surface area contributed by atoms with Crippen molar-refractivity contribution in [3.05, 3.63) is 29.1 Å². The van der Waals surface area contributed by atoms with Gasteiger partial charge in [-0.3, -0.25) is 4.79 Å². The van der Waals surface area contributed by atoms with Crippen molar-refractivity contribution in [3.8, 4) is 17.0 Å². The molecule has 0 fully saturated rings. The maximum absolute atomic E-state index is 12.2. The zero-order chi connectivity index (χ0) is 17.5. The van der Waals surface area contributed by atoms with Crippen molar-refractivity contribution in [1.29, 1.82) is 0 Å². The molecule has 0 aliphatic carbocycles. The molecule has 0 atom stereocenters. The van der Waals surface area contributed by atoms with Crippen LogP contribution in [0, 0.1) is 6.92 Å². The first-order chi connectivity index (χ1) is 11.5. The number of amides is 1. The van der Waals surface area contributed by atoms with Crippen molar-refractivity contribution in [1.82, 2.24) is 10.3 Å². The van der Waals surface area contributed by atoms with E-state index in [0.717, 1.165) is 23.4 Å². The molecule has 2 aromatic rings. The summed E-state index contributed by atoms with van der Waals surface area (Å²) >= 11 is 1.38. The summed E-state index contributed by atoms with van der Waals surface area (Å²) in [5.41, 5.74) is 1.50. The summed E-state index contributed by atoms with van der Waals surface area (Å²) in [5.74, 6) is 0.0194. The smallest absolute Gasteiger partial charge is 0.387 e. The van der Waals surface area contributed by atoms with Crippen LogP contribution >= 0.6 is 11.3 Å². The van der Waals surface area contributed by atoms with Gasteiger partial charge in [0.2, 0.25) is 5.91 Å². The lowest BCUT2D eigenvalue weighted by Gasteiger charge is -2.05. The van der Waals surface area contributed by atoms with Gasteiger partial charge in [-0.25, -0.2) is 4.98 Å². The lowest BCUT2D eigenvalue weighted by Crippen LogP contribution is -2.15. The molecule has 8 heteroatoms. The summed E-state index contributed by atoms with van der Waals surface area (Å²) in [6.07, 6.45) is 1.18. The predicted molar refractivity (Wildman–Crippen MR) is 90.7 cm³/mol. The molecule has 5 nitrogen and oxygen atoms in total. The fourth-order valence-electron chi connectivity index (χ4n) is 2.12. The molecule has 1 aromatic heterocycles. The van der Waals surface area contributed by atoms with Crippen LogP contribution in [0.25, 0.3) is 11.3 Å². The third-order valence-corrected chi connectivity index (χ3v) is 4.11. The number of carbonyl (C=O) groups excluding carboxylic acids is 1. The highest BCUT2D eigenvalue weighted by atomic mass is 32.1. The minimum atomic E-state index is -2.85. The number of thiazole rings is 1. The molecule has 0 unspecified atom stereocenters. The molecule has 0 bridgehead atoms. The Bertz CT molecular complexity index is 674. The highest BCUT2D eigenvalue weighted by molar-refractivity contribution is 7.16. The van der Waals surface area contributed by atoms with Crippen molar-refractivity contribution in [2.24, 2.45) is 0 Å². The average molecular weight is 355 g/mol. The number of anilines is 1. The number of aromatic nitrogens is 1. The summed E-state index contributed by atoms with van der Waals surface area (Å²) < 4.78 is 28.7. The Balaban J connectivity index is 2.04.